The summed E-state index contributed by atoms with van der Waals surface area (Å²) in [5.41, 5.74) is 0.254. The molecule has 0 aliphatic rings. The standard InChI is InChI=1S/C13H14N2O4/c1-17-10-2-4-11(5-3-10)19-7-6-14-13(16)12-8-18-9-15-12/h2-5,8-9H,6-7H2,1H3,(H,14,16). The normalized spacial score (nSPS) is 9.95. The summed E-state index contributed by atoms with van der Waals surface area (Å²) in [4.78, 5) is 15.2. The smallest absolute Gasteiger partial charge is 0.273 e. The van der Waals surface area contributed by atoms with Crippen LogP contribution in [-0.2, 0) is 0 Å². The molecule has 0 atom stereocenters. The quantitative estimate of drug-likeness (QED) is 0.798. The monoisotopic (exact) mass is 262 g/mol. The van der Waals surface area contributed by atoms with Crippen molar-refractivity contribution in [1.82, 2.24) is 10.3 Å². The van der Waals surface area contributed by atoms with E-state index in [-0.39, 0.29) is 11.6 Å². The van der Waals surface area contributed by atoms with E-state index in [1.54, 1.807) is 19.2 Å². The molecule has 0 unspecified atom stereocenters. The van der Waals surface area contributed by atoms with Crippen molar-refractivity contribution in [2.45, 2.75) is 0 Å². The molecule has 0 bridgehead atoms. The third-order valence-corrected chi connectivity index (χ3v) is 2.38. The Balaban J connectivity index is 1.70. The van der Waals surface area contributed by atoms with E-state index in [1.165, 1.54) is 12.7 Å². The van der Waals surface area contributed by atoms with Gasteiger partial charge in [0.2, 0.25) is 0 Å². The zero-order chi connectivity index (χ0) is 13.5. The highest BCUT2D eigenvalue weighted by Gasteiger charge is 2.07. The van der Waals surface area contributed by atoms with Gasteiger partial charge in [0.1, 0.15) is 24.4 Å². The average Bonchev–Trinajstić information content (AvgIpc) is 2.98. The lowest BCUT2D eigenvalue weighted by Gasteiger charge is -2.07. The van der Waals surface area contributed by atoms with Crippen LogP contribution in [0.3, 0.4) is 0 Å². The molecule has 0 aliphatic heterocycles. The molecule has 6 heteroatoms. The fourth-order valence-corrected chi connectivity index (χ4v) is 1.42. The molecule has 1 aromatic heterocycles. The Kier molecular flexibility index (Phi) is 4.39. The first-order chi connectivity index (χ1) is 9.29. The van der Waals surface area contributed by atoms with E-state index >= 15 is 0 Å². The number of methoxy groups -OCH3 is 1. The Morgan fingerprint density at radius 1 is 1.32 bits per heavy atom. The van der Waals surface area contributed by atoms with Crippen LogP contribution in [0.2, 0.25) is 0 Å². The highest BCUT2D eigenvalue weighted by Crippen LogP contribution is 2.16. The summed E-state index contributed by atoms with van der Waals surface area (Å²) >= 11 is 0. The first kappa shape index (κ1) is 12.9. The van der Waals surface area contributed by atoms with E-state index in [0.717, 1.165) is 11.5 Å². The summed E-state index contributed by atoms with van der Waals surface area (Å²) in [6, 6.07) is 7.23. The van der Waals surface area contributed by atoms with Gasteiger partial charge in [-0.1, -0.05) is 0 Å². The molecule has 2 rings (SSSR count). The zero-order valence-electron chi connectivity index (χ0n) is 10.5. The van der Waals surface area contributed by atoms with Gasteiger partial charge in [-0.25, -0.2) is 4.98 Å². The first-order valence-electron chi connectivity index (χ1n) is 5.73. The van der Waals surface area contributed by atoms with Crippen LogP contribution >= 0.6 is 0 Å². The van der Waals surface area contributed by atoms with Crippen molar-refractivity contribution in [3.8, 4) is 11.5 Å². The van der Waals surface area contributed by atoms with Gasteiger partial charge in [0, 0.05) is 0 Å². The van der Waals surface area contributed by atoms with E-state index < -0.39 is 0 Å². The molecule has 0 fully saturated rings. The van der Waals surface area contributed by atoms with Crippen LogP contribution in [0.25, 0.3) is 0 Å². The van der Waals surface area contributed by atoms with Crippen LogP contribution in [0.1, 0.15) is 10.5 Å². The highest BCUT2D eigenvalue weighted by atomic mass is 16.5. The van der Waals surface area contributed by atoms with Crippen molar-refractivity contribution >= 4 is 5.91 Å². The molecule has 6 nitrogen and oxygen atoms in total. The minimum Gasteiger partial charge on any atom is -0.497 e. The van der Waals surface area contributed by atoms with Gasteiger partial charge < -0.3 is 19.2 Å². The molecular formula is C13H14N2O4. The van der Waals surface area contributed by atoms with Gasteiger partial charge >= 0.3 is 0 Å². The van der Waals surface area contributed by atoms with Crippen molar-refractivity contribution in [3.05, 3.63) is 42.6 Å². The van der Waals surface area contributed by atoms with Gasteiger partial charge in [0.25, 0.3) is 5.91 Å². The molecular weight excluding hydrogens is 248 g/mol. The van der Waals surface area contributed by atoms with Crippen LogP contribution in [0.5, 0.6) is 11.5 Å². The van der Waals surface area contributed by atoms with Gasteiger partial charge in [-0.2, -0.15) is 0 Å². The number of amides is 1. The molecule has 2 aromatic rings. The Morgan fingerprint density at radius 2 is 2.05 bits per heavy atom. The van der Waals surface area contributed by atoms with Crippen LogP contribution < -0.4 is 14.8 Å². The van der Waals surface area contributed by atoms with E-state index in [4.69, 9.17) is 13.9 Å². The van der Waals surface area contributed by atoms with Crippen LogP contribution in [-0.4, -0.2) is 31.2 Å². The first-order valence-corrected chi connectivity index (χ1v) is 5.73. The summed E-state index contributed by atoms with van der Waals surface area (Å²) in [6.45, 7) is 0.758. The number of hydrogen-bond acceptors (Lipinski definition) is 5. The van der Waals surface area contributed by atoms with Gasteiger partial charge in [-0.05, 0) is 24.3 Å². The van der Waals surface area contributed by atoms with Gasteiger partial charge in [-0.3, -0.25) is 4.79 Å². The molecule has 0 radical (unpaired) electrons. The van der Waals surface area contributed by atoms with Crippen molar-refractivity contribution < 1.29 is 18.7 Å². The second kappa shape index (κ2) is 6.44. The second-order valence-electron chi connectivity index (χ2n) is 3.65. The molecule has 19 heavy (non-hydrogen) atoms. The minimum atomic E-state index is -0.285. The topological polar surface area (TPSA) is 73.6 Å². The van der Waals surface area contributed by atoms with Crippen molar-refractivity contribution in [2.24, 2.45) is 0 Å². The van der Waals surface area contributed by atoms with Crippen LogP contribution in [0.4, 0.5) is 0 Å². The number of rotatable bonds is 6. The summed E-state index contributed by atoms with van der Waals surface area (Å²) in [5.74, 6) is 1.20. The largest absolute Gasteiger partial charge is 0.497 e. The predicted molar refractivity (Wildman–Crippen MR) is 67.3 cm³/mol. The second-order valence-corrected chi connectivity index (χ2v) is 3.65. The van der Waals surface area contributed by atoms with Crippen molar-refractivity contribution in [1.29, 1.82) is 0 Å². The number of benzene rings is 1. The van der Waals surface area contributed by atoms with Crippen molar-refractivity contribution in [3.63, 3.8) is 0 Å². The van der Waals surface area contributed by atoms with E-state index in [9.17, 15) is 4.79 Å². The van der Waals surface area contributed by atoms with Gasteiger partial charge in [0.05, 0.1) is 13.7 Å². The Labute approximate surface area is 110 Å². The van der Waals surface area contributed by atoms with Crippen LogP contribution in [0.15, 0.2) is 41.3 Å². The lowest BCUT2D eigenvalue weighted by atomic mass is 10.3. The fraction of sp³-hybridized carbons (Fsp3) is 0.231. The molecule has 1 aromatic carbocycles. The third kappa shape index (κ3) is 3.74. The summed E-state index contributed by atoms with van der Waals surface area (Å²) < 4.78 is 15.2. The fourth-order valence-electron chi connectivity index (χ4n) is 1.42. The summed E-state index contributed by atoms with van der Waals surface area (Å²) in [5, 5.41) is 2.67. The number of nitrogens with zero attached hydrogens (tertiary/aromatic N) is 1. The molecule has 1 N–H and O–H groups in total. The molecule has 0 aliphatic carbocycles. The summed E-state index contributed by atoms with van der Waals surface area (Å²) in [7, 11) is 1.61. The van der Waals surface area contributed by atoms with E-state index in [0.29, 0.717) is 13.2 Å². The maximum atomic E-state index is 11.5. The summed E-state index contributed by atoms with van der Waals surface area (Å²) in [6.07, 6.45) is 2.50. The SMILES string of the molecule is COc1ccc(OCCNC(=O)c2cocn2)cc1. The van der Waals surface area contributed by atoms with Crippen LogP contribution in [0, 0.1) is 0 Å². The molecule has 0 saturated heterocycles. The lowest BCUT2D eigenvalue weighted by molar-refractivity contribution is 0.0942. The van der Waals surface area contributed by atoms with E-state index in [1.807, 2.05) is 12.1 Å². The molecule has 0 saturated carbocycles. The maximum absolute atomic E-state index is 11.5. The zero-order valence-corrected chi connectivity index (χ0v) is 10.5. The maximum Gasteiger partial charge on any atom is 0.273 e. The molecule has 1 heterocycles. The molecule has 1 amide bonds. The average molecular weight is 262 g/mol. The predicted octanol–water partition coefficient (Wildman–Crippen LogP) is 1.49. The van der Waals surface area contributed by atoms with E-state index in [2.05, 4.69) is 10.3 Å². The number of carbonyl (C=O) groups is 1. The number of hydrogen-bond donors (Lipinski definition) is 1. The Bertz CT molecular complexity index is 508. The van der Waals surface area contributed by atoms with Crippen molar-refractivity contribution in [2.75, 3.05) is 20.3 Å². The lowest BCUT2D eigenvalue weighted by Crippen LogP contribution is -2.28. The number of ether oxygens (including phenoxy) is 2. The minimum absolute atomic E-state index is 0.254. The highest BCUT2D eigenvalue weighted by molar-refractivity contribution is 5.91. The Morgan fingerprint density at radius 3 is 2.68 bits per heavy atom. The van der Waals surface area contributed by atoms with Gasteiger partial charge in [0.15, 0.2) is 12.1 Å². The number of oxazole rings is 1. The third-order valence-electron chi connectivity index (χ3n) is 2.38. The number of aromatic nitrogens is 1. The molecule has 0 spiro atoms. The number of carbonyl (C=O) groups excluding carboxylic acids is 1. The van der Waals surface area contributed by atoms with Gasteiger partial charge in [-0.15, -0.1) is 0 Å². The Hall–Kier alpha value is -2.50. The number of nitrogens with one attached hydrogen (secondary N) is 1. The molecule has 100 valence electrons.